The fourth-order valence-electron chi connectivity index (χ4n) is 3.65. The standard InChI is InChI=1S/C27H24BrClN4O5/c1-16-3-4-17(2)33(16)19-5-7-20(8-6-19)36-14-21-9-10-24(38-21)27(35)32-31-13-18-11-22(28)26(23(29)12-18)37-15-25(30)34/h3-13H,14-15H2,1-2H3,(H2,30,34)(H,32,35)/b31-13+. The van der Waals surface area contributed by atoms with Gasteiger partial charge in [0.05, 0.1) is 15.7 Å². The van der Waals surface area contributed by atoms with Crippen LogP contribution in [0.3, 0.4) is 0 Å². The summed E-state index contributed by atoms with van der Waals surface area (Å²) in [6, 6.07) is 18.3. The van der Waals surface area contributed by atoms with Gasteiger partial charge in [0, 0.05) is 17.1 Å². The molecule has 0 atom stereocenters. The van der Waals surface area contributed by atoms with Crippen LogP contribution in [0, 0.1) is 13.8 Å². The maximum atomic E-state index is 12.4. The Morgan fingerprint density at radius 3 is 2.45 bits per heavy atom. The van der Waals surface area contributed by atoms with E-state index in [2.05, 4.69) is 57.0 Å². The number of aromatic nitrogens is 1. The number of nitrogens with one attached hydrogen (secondary N) is 1. The molecule has 2 heterocycles. The van der Waals surface area contributed by atoms with E-state index in [4.69, 9.17) is 31.2 Å². The summed E-state index contributed by atoms with van der Waals surface area (Å²) in [5.41, 5.74) is 11.4. The summed E-state index contributed by atoms with van der Waals surface area (Å²) in [4.78, 5) is 23.3. The summed E-state index contributed by atoms with van der Waals surface area (Å²) in [5, 5.41) is 4.18. The Balaban J connectivity index is 1.30. The Kier molecular flexibility index (Phi) is 8.55. The average molecular weight is 600 g/mol. The quantitative estimate of drug-likeness (QED) is 0.189. The number of nitrogens with zero attached hydrogens (tertiary/aromatic N) is 2. The molecule has 196 valence electrons. The summed E-state index contributed by atoms with van der Waals surface area (Å²) >= 11 is 9.51. The molecule has 0 unspecified atom stereocenters. The molecule has 9 nitrogen and oxygen atoms in total. The zero-order valence-electron chi connectivity index (χ0n) is 20.5. The van der Waals surface area contributed by atoms with Gasteiger partial charge in [-0.25, -0.2) is 5.43 Å². The van der Waals surface area contributed by atoms with Crippen molar-refractivity contribution in [1.29, 1.82) is 0 Å². The van der Waals surface area contributed by atoms with E-state index in [0.29, 0.717) is 21.5 Å². The molecule has 0 aliphatic rings. The van der Waals surface area contributed by atoms with Crippen LogP contribution >= 0.6 is 27.5 Å². The lowest BCUT2D eigenvalue weighted by molar-refractivity contribution is -0.119. The van der Waals surface area contributed by atoms with Gasteiger partial charge in [-0.3, -0.25) is 9.59 Å². The highest BCUT2D eigenvalue weighted by Crippen LogP contribution is 2.34. The first kappa shape index (κ1) is 27.0. The number of rotatable bonds is 10. The monoisotopic (exact) mass is 598 g/mol. The number of carbonyl (C=O) groups excluding carboxylic acids is 2. The summed E-state index contributed by atoms with van der Waals surface area (Å²) in [7, 11) is 0. The predicted octanol–water partition coefficient (Wildman–Crippen LogP) is 5.31. The second-order valence-electron chi connectivity index (χ2n) is 8.27. The molecule has 11 heteroatoms. The molecule has 0 aliphatic heterocycles. The van der Waals surface area contributed by atoms with Crippen molar-refractivity contribution in [2.45, 2.75) is 20.5 Å². The van der Waals surface area contributed by atoms with Crippen molar-refractivity contribution >= 4 is 45.6 Å². The molecule has 2 aromatic carbocycles. The van der Waals surface area contributed by atoms with Crippen LogP contribution in [-0.2, 0) is 11.4 Å². The Labute approximate surface area is 232 Å². The number of ether oxygens (including phenoxy) is 2. The van der Waals surface area contributed by atoms with E-state index in [9.17, 15) is 9.59 Å². The smallest absolute Gasteiger partial charge is 0.307 e. The van der Waals surface area contributed by atoms with Gasteiger partial charge < -0.3 is 24.2 Å². The Morgan fingerprint density at radius 2 is 1.79 bits per heavy atom. The fourth-order valence-corrected chi connectivity index (χ4v) is 4.64. The predicted molar refractivity (Wildman–Crippen MR) is 147 cm³/mol. The molecule has 0 saturated heterocycles. The highest BCUT2D eigenvalue weighted by molar-refractivity contribution is 9.10. The number of carbonyl (C=O) groups is 2. The molecular weight excluding hydrogens is 576 g/mol. The van der Waals surface area contributed by atoms with E-state index in [0.717, 1.165) is 17.1 Å². The van der Waals surface area contributed by atoms with Crippen molar-refractivity contribution in [1.82, 2.24) is 9.99 Å². The van der Waals surface area contributed by atoms with E-state index in [1.807, 2.05) is 24.3 Å². The Hall–Kier alpha value is -4.02. The van der Waals surface area contributed by atoms with E-state index in [1.165, 1.54) is 6.21 Å². The molecule has 2 aromatic heterocycles. The van der Waals surface area contributed by atoms with Crippen LogP contribution in [0.15, 0.2) is 74.7 Å². The van der Waals surface area contributed by atoms with Crippen LogP contribution in [0.2, 0.25) is 5.02 Å². The van der Waals surface area contributed by atoms with Crippen molar-refractivity contribution in [2.75, 3.05) is 6.61 Å². The van der Waals surface area contributed by atoms with E-state index in [-0.39, 0.29) is 29.7 Å². The number of amides is 2. The van der Waals surface area contributed by atoms with Gasteiger partial charge in [0.2, 0.25) is 0 Å². The number of primary amides is 1. The molecule has 0 aliphatic carbocycles. The van der Waals surface area contributed by atoms with Gasteiger partial charge in [0.1, 0.15) is 18.1 Å². The molecule has 3 N–H and O–H groups in total. The van der Waals surface area contributed by atoms with Gasteiger partial charge in [-0.05, 0) is 96.0 Å². The molecular formula is C27H24BrClN4O5. The number of furan rings is 1. The zero-order chi connectivity index (χ0) is 27.2. The molecule has 0 saturated carbocycles. The van der Waals surface area contributed by atoms with Crippen molar-refractivity contribution < 1.29 is 23.5 Å². The summed E-state index contributed by atoms with van der Waals surface area (Å²) in [5.74, 6) is 0.382. The molecule has 38 heavy (non-hydrogen) atoms. The maximum Gasteiger partial charge on any atom is 0.307 e. The van der Waals surface area contributed by atoms with Gasteiger partial charge in [0.15, 0.2) is 18.1 Å². The van der Waals surface area contributed by atoms with E-state index in [1.54, 1.807) is 24.3 Å². The van der Waals surface area contributed by atoms with Gasteiger partial charge in [-0.15, -0.1) is 0 Å². The van der Waals surface area contributed by atoms with Crippen LogP contribution in [-0.4, -0.2) is 29.2 Å². The highest BCUT2D eigenvalue weighted by Gasteiger charge is 2.13. The summed E-state index contributed by atoms with van der Waals surface area (Å²) < 4.78 is 19.3. The number of hydrazone groups is 1. The van der Waals surface area contributed by atoms with Crippen LogP contribution in [0.1, 0.15) is 33.3 Å². The molecule has 4 aromatic rings. The third-order valence-corrected chi connectivity index (χ3v) is 6.26. The van der Waals surface area contributed by atoms with Gasteiger partial charge in [-0.1, -0.05) is 11.6 Å². The minimum atomic E-state index is -0.624. The number of halogens is 2. The minimum Gasteiger partial charge on any atom is -0.486 e. The molecule has 0 bridgehead atoms. The second kappa shape index (κ2) is 12.0. The number of hydrogen-bond donors (Lipinski definition) is 2. The normalized spacial score (nSPS) is 11.1. The second-order valence-corrected chi connectivity index (χ2v) is 9.53. The summed E-state index contributed by atoms with van der Waals surface area (Å²) in [6.07, 6.45) is 1.40. The van der Waals surface area contributed by atoms with Crippen LogP contribution < -0.4 is 20.6 Å². The third kappa shape index (κ3) is 6.64. The molecule has 4 rings (SSSR count). The van der Waals surface area contributed by atoms with E-state index >= 15 is 0 Å². The number of nitrogens with two attached hydrogens (primary N) is 1. The van der Waals surface area contributed by atoms with Crippen molar-refractivity contribution in [2.24, 2.45) is 10.8 Å². The van der Waals surface area contributed by atoms with Crippen molar-refractivity contribution in [3.8, 4) is 17.2 Å². The lowest BCUT2D eigenvalue weighted by atomic mass is 10.2. The average Bonchev–Trinajstić information content (AvgIpc) is 3.48. The van der Waals surface area contributed by atoms with Crippen molar-refractivity contribution in [3.63, 3.8) is 0 Å². The van der Waals surface area contributed by atoms with Gasteiger partial charge >= 0.3 is 5.91 Å². The minimum absolute atomic E-state index is 0.0871. The van der Waals surface area contributed by atoms with Crippen molar-refractivity contribution in [3.05, 3.63) is 98.6 Å². The van der Waals surface area contributed by atoms with Gasteiger partial charge in [-0.2, -0.15) is 5.10 Å². The fraction of sp³-hybridized carbons (Fsp3) is 0.148. The first-order valence-electron chi connectivity index (χ1n) is 11.4. The SMILES string of the molecule is Cc1ccc(C)n1-c1ccc(OCc2ccc(C(=O)N/N=C/c3cc(Cl)c(OCC(N)=O)c(Br)c3)o2)cc1. The molecule has 2 amide bonds. The van der Waals surface area contributed by atoms with Gasteiger partial charge in [0.25, 0.3) is 5.91 Å². The first-order valence-corrected chi connectivity index (χ1v) is 12.6. The molecule has 0 radical (unpaired) electrons. The molecule has 0 fully saturated rings. The third-order valence-electron chi connectivity index (χ3n) is 5.39. The lowest BCUT2D eigenvalue weighted by Gasteiger charge is -2.10. The maximum absolute atomic E-state index is 12.4. The lowest BCUT2D eigenvalue weighted by Crippen LogP contribution is -2.20. The summed E-state index contributed by atoms with van der Waals surface area (Å²) in [6.45, 7) is 3.97. The molecule has 0 spiro atoms. The number of hydrogen-bond acceptors (Lipinski definition) is 6. The Bertz CT molecular complexity index is 1450. The van der Waals surface area contributed by atoms with E-state index < -0.39 is 11.8 Å². The number of aryl methyl sites for hydroxylation is 2. The van der Waals surface area contributed by atoms with Crippen LogP contribution in [0.4, 0.5) is 0 Å². The first-order chi connectivity index (χ1) is 18.2. The number of benzene rings is 2. The van der Waals surface area contributed by atoms with Crippen LogP contribution in [0.5, 0.6) is 11.5 Å². The largest absolute Gasteiger partial charge is 0.486 e. The highest BCUT2D eigenvalue weighted by atomic mass is 79.9. The zero-order valence-corrected chi connectivity index (χ0v) is 22.9. The van der Waals surface area contributed by atoms with Crippen LogP contribution in [0.25, 0.3) is 5.69 Å². The Morgan fingerprint density at radius 1 is 1.08 bits per heavy atom. The topological polar surface area (TPSA) is 121 Å².